The Morgan fingerprint density at radius 2 is 2.14 bits per heavy atom. The van der Waals surface area contributed by atoms with Crippen LogP contribution in [0.3, 0.4) is 0 Å². The molecule has 1 aliphatic carbocycles. The van der Waals surface area contributed by atoms with Crippen LogP contribution in [0, 0.1) is 5.92 Å². The molecule has 2 aliphatic rings. The summed E-state index contributed by atoms with van der Waals surface area (Å²) in [5, 5.41) is 10.1. The molecule has 2 fully saturated rings. The topological polar surface area (TPSA) is 69.4 Å². The molecular formula is C15H18ClN3O3. The van der Waals surface area contributed by atoms with Crippen LogP contribution in [0.5, 0.6) is 0 Å². The van der Waals surface area contributed by atoms with Crippen LogP contribution in [-0.4, -0.2) is 44.2 Å². The minimum atomic E-state index is -0.628. The lowest BCUT2D eigenvalue weighted by atomic mass is 10.1. The van der Waals surface area contributed by atoms with E-state index in [4.69, 9.17) is 21.1 Å². The van der Waals surface area contributed by atoms with Crippen molar-refractivity contribution < 1.29 is 14.6 Å². The van der Waals surface area contributed by atoms with E-state index in [0.29, 0.717) is 10.7 Å². The third-order valence-corrected chi connectivity index (χ3v) is 4.87. The van der Waals surface area contributed by atoms with E-state index >= 15 is 0 Å². The van der Waals surface area contributed by atoms with E-state index in [1.807, 2.05) is 19.9 Å². The molecule has 1 saturated carbocycles. The second-order valence-corrected chi connectivity index (χ2v) is 6.79. The summed E-state index contributed by atoms with van der Waals surface area (Å²) in [4.78, 5) is 8.44. The van der Waals surface area contributed by atoms with Crippen LogP contribution in [0.2, 0.25) is 5.15 Å². The summed E-state index contributed by atoms with van der Waals surface area (Å²) in [5.41, 5.74) is 1.61. The second kappa shape index (κ2) is 4.89. The van der Waals surface area contributed by atoms with Crippen LogP contribution in [-0.2, 0) is 9.47 Å². The van der Waals surface area contributed by atoms with E-state index in [0.717, 1.165) is 11.9 Å². The number of aromatic nitrogens is 3. The zero-order chi connectivity index (χ0) is 15.5. The van der Waals surface area contributed by atoms with E-state index in [2.05, 4.69) is 14.5 Å². The van der Waals surface area contributed by atoms with Gasteiger partial charge in [-0.3, -0.25) is 0 Å². The van der Waals surface area contributed by atoms with Crippen LogP contribution in [0.15, 0.2) is 18.6 Å². The largest absolute Gasteiger partial charge is 0.396 e. The maximum Gasteiger partial charge on any atom is 0.163 e. The van der Waals surface area contributed by atoms with E-state index in [1.165, 1.54) is 0 Å². The second-order valence-electron chi connectivity index (χ2n) is 6.43. The fourth-order valence-electron chi connectivity index (χ4n) is 3.70. The number of ether oxygens (including phenoxy) is 2. The Balaban J connectivity index is 1.77. The number of hydrogen-bond acceptors (Lipinski definition) is 5. The van der Waals surface area contributed by atoms with Crippen LogP contribution in [0.1, 0.15) is 26.3 Å². The van der Waals surface area contributed by atoms with E-state index in [1.54, 1.807) is 12.5 Å². The van der Waals surface area contributed by atoms with Crippen molar-refractivity contribution in [1.29, 1.82) is 0 Å². The Kier molecular flexibility index (Phi) is 3.20. The van der Waals surface area contributed by atoms with Crippen LogP contribution in [0.4, 0.5) is 0 Å². The average molecular weight is 324 g/mol. The summed E-state index contributed by atoms with van der Waals surface area (Å²) >= 11 is 6.11. The average Bonchev–Trinajstić information content (AvgIpc) is 3.10. The Morgan fingerprint density at radius 1 is 1.36 bits per heavy atom. The molecule has 2 aromatic rings. The maximum absolute atomic E-state index is 9.66. The summed E-state index contributed by atoms with van der Waals surface area (Å²) in [5.74, 6) is -0.566. The summed E-state index contributed by atoms with van der Waals surface area (Å²) < 4.78 is 14.1. The zero-order valence-corrected chi connectivity index (χ0v) is 13.2. The molecule has 1 N–H and O–H groups in total. The van der Waals surface area contributed by atoms with Gasteiger partial charge in [0.1, 0.15) is 11.6 Å². The molecule has 22 heavy (non-hydrogen) atoms. The number of aliphatic hydroxyl groups excluding tert-OH is 1. The fraction of sp³-hybridized carbons (Fsp3) is 0.600. The molecule has 0 unspecified atom stereocenters. The molecule has 4 rings (SSSR count). The monoisotopic (exact) mass is 323 g/mol. The number of imidazole rings is 1. The summed E-state index contributed by atoms with van der Waals surface area (Å²) in [6, 6.07) is 1.96. The first kappa shape index (κ1) is 14.4. The number of rotatable bonds is 2. The van der Waals surface area contributed by atoms with Crippen molar-refractivity contribution in [2.24, 2.45) is 5.92 Å². The SMILES string of the molecule is CC1(C)O[C@@H]2[C@@H](CO)C[C@@H](n3cnc4c(Cl)nccc43)[C@@H]2O1. The van der Waals surface area contributed by atoms with Gasteiger partial charge in [0, 0.05) is 18.7 Å². The molecule has 118 valence electrons. The Morgan fingerprint density at radius 3 is 2.91 bits per heavy atom. The summed E-state index contributed by atoms with van der Waals surface area (Å²) in [7, 11) is 0. The van der Waals surface area contributed by atoms with E-state index < -0.39 is 5.79 Å². The Bertz CT molecular complexity index is 717. The summed E-state index contributed by atoms with van der Waals surface area (Å²) in [6.07, 6.45) is 4.03. The number of fused-ring (bicyclic) bond motifs is 2. The lowest BCUT2D eigenvalue weighted by Gasteiger charge is -2.24. The van der Waals surface area contributed by atoms with Crippen LogP contribution in [0.25, 0.3) is 11.0 Å². The molecule has 2 aromatic heterocycles. The highest BCUT2D eigenvalue weighted by Gasteiger charge is 2.54. The van der Waals surface area contributed by atoms with Crippen molar-refractivity contribution in [3.8, 4) is 0 Å². The van der Waals surface area contributed by atoms with Gasteiger partial charge in [0.05, 0.1) is 24.0 Å². The van der Waals surface area contributed by atoms with Crippen molar-refractivity contribution in [1.82, 2.24) is 14.5 Å². The number of halogens is 1. The number of hydrogen-bond donors (Lipinski definition) is 1. The van der Waals surface area contributed by atoms with Gasteiger partial charge >= 0.3 is 0 Å². The van der Waals surface area contributed by atoms with Gasteiger partial charge < -0.3 is 19.1 Å². The highest BCUT2D eigenvalue weighted by atomic mass is 35.5. The molecule has 7 heteroatoms. The third-order valence-electron chi connectivity index (χ3n) is 4.59. The first-order valence-electron chi connectivity index (χ1n) is 7.44. The first-order valence-corrected chi connectivity index (χ1v) is 7.81. The number of aliphatic hydroxyl groups is 1. The normalized spacial score (nSPS) is 33.5. The molecule has 6 nitrogen and oxygen atoms in total. The number of nitrogens with zero attached hydrogens (tertiary/aromatic N) is 3. The zero-order valence-electron chi connectivity index (χ0n) is 12.4. The Labute approximate surface area is 133 Å². The molecule has 0 aromatic carbocycles. The van der Waals surface area contributed by atoms with Gasteiger partial charge in [-0.2, -0.15) is 0 Å². The molecule has 0 radical (unpaired) electrons. The highest BCUT2D eigenvalue weighted by Crippen LogP contribution is 2.47. The highest BCUT2D eigenvalue weighted by molar-refractivity contribution is 6.33. The molecular weight excluding hydrogens is 306 g/mol. The molecule has 0 spiro atoms. The Hall–Kier alpha value is -1.21. The smallest absolute Gasteiger partial charge is 0.163 e. The van der Waals surface area contributed by atoms with Crippen LogP contribution >= 0.6 is 11.6 Å². The molecule has 0 amide bonds. The molecule has 3 heterocycles. The first-order chi connectivity index (χ1) is 10.5. The van der Waals surface area contributed by atoms with Crippen LogP contribution < -0.4 is 0 Å². The van der Waals surface area contributed by atoms with Gasteiger partial charge in [-0.25, -0.2) is 9.97 Å². The van der Waals surface area contributed by atoms with Crippen molar-refractivity contribution in [2.45, 2.75) is 44.3 Å². The van der Waals surface area contributed by atoms with Gasteiger partial charge in [0.15, 0.2) is 10.9 Å². The van der Waals surface area contributed by atoms with Crippen molar-refractivity contribution in [3.63, 3.8) is 0 Å². The van der Waals surface area contributed by atoms with Gasteiger partial charge in [-0.05, 0) is 26.3 Å². The molecule has 1 saturated heterocycles. The third kappa shape index (κ3) is 2.06. The fourth-order valence-corrected chi connectivity index (χ4v) is 3.90. The predicted octanol–water partition coefficient (Wildman–Crippen LogP) is 2.16. The van der Waals surface area contributed by atoms with E-state index in [9.17, 15) is 5.11 Å². The van der Waals surface area contributed by atoms with Gasteiger partial charge in [0.25, 0.3) is 0 Å². The lowest BCUT2D eigenvalue weighted by Crippen LogP contribution is -2.27. The van der Waals surface area contributed by atoms with Gasteiger partial charge in [-0.1, -0.05) is 11.6 Å². The predicted molar refractivity (Wildman–Crippen MR) is 80.6 cm³/mol. The molecule has 1 aliphatic heterocycles. The van der Waals surface area contributed by atoms with Crippen molar-refractivity contribution >= 4 is 22.6 Å². The van der Waals surface area contributed by atoms with Crippen molar-refractivity contribution in [3.05, 3.63) is 23.7 Å². The van der Waals surface area contributed by atoms with Gasteiger partial charge in [0.2, 0.25) is 0 Å². The maximum atomic E-state index is 9.66. The lowest BCUT2D eigenvalue weighted by molar-refractivity contribution is -0.161. The minimum absolute atomic E-state index is 0.0616. The number of pyridine rings is 1. The summed E-state index contributed by atoms with van der Waals surface area (Å²) in [6.45, 7) is 3.90. The quantitative estimate of drug-likeness (QED) is 0.858. The molecule has 0 bridgehead atoms. The standard InChI is InChI=1S/C15H18ClN3O3/c1-15(2)21-12-8(6-20)5-10(13(12)22-15)19-7-18-11-9(19)3-4-17-14(11)16/h3-4,7-8,10,12-13,20H,5-6H2,1-2H3/t8-,10-,12-,13+/m1/s1. The van der Waals surface area contributed by atoms with Crippen molar-refractivity contribution in [2.75, 3.05) is 6.61 Å². The van der Waals surface area contributed by atoms with E-state index in [-0.39, 0.29) is 30.8 Å². The van der Waals surface area contributed by atoms with Gasteiger partial charge in [-0.15, -0.1) is 0 Å². The minimum Gasteiger partial charge on any atom is -0.396 e. The molecule has 4 atom stereocenters.